The third-order valence-electron chi connectivity index (χ3n) is 2.72. The molecule has 2 nitrogen and oxygen atoms in total. The lowest BCUT2D eigenvalue weighted by Gasteiger charge is -2.07. The molecular formula is C13H16N2. The highest BCUT2D eigenvalue weighted by Gasteiger charge is 2.07. The fourth-order valence-corrected chi connectivity index (χ4v) is 1.93. The summed E-state index contributed by atoms with van der Waals surface area (Å²) in [6, 6.07) is 6.49. The molecule has 1 heterocycles. The Kier molecular flexibility index (Phi) is 2.60. The zero-order chi connectivity index (χ0) is 10.8. The minimum atomic E-state index is 0.576. The highest BCUT2D eigenvalue weighted by molar-refractivity contribution is 5.70. The third kappa shape index (κ3) is 1.81. The molecule has 1 aromatic heterocycles. The minimum absolute atomic E-state index is 0.576. The van der Waals surface area contributed by atoms with E-state index in [-0.39, 0.29) is 0 Å². The molecule has 0 aliphatic carbocycles. The van der Waals surface area contributed by atoms with Gasteiger partial charge in [-0.05, 0) is 30.5 Å². The summed E-state index contributed by atoms with van der Waals surface area (Å²) in [4.78, 5) is 3.11. The molecule has 0 aliphatic rings. The van der Waals surface area contributed by atoms with Crippen molar-refractivity contribution in [1.82, 2.24) is 4.98 Å². The van der Waals surface area contributed by atoms with Crippen molar-refractivity contribution < 1.29 is 0 Å². The third-order valence-corrected chi connectivity index (χ3v) is 2.72. The predicted octanol–water partition coefficient (Wildman–Crippen LogP) is 2.76. The number of nitrogens with two attached hydrogens (primary N) is 1. The Morgan fingerprint density at radius 3 is 2.60 bits per heavy atom. The molecule has 1 aromatic carbocycles. The summed E-state index contributed by atoms with van der Waals surface area (Å²) >= 11 is 0. The zero-order valence-corrected chi connectivity index (χ0v) is 9.17. The van der Waals surface area contributed by atoms with E-state index in [4.69, 9.17) is 5.73 Å². The second-order valence-electron chi connectivity index (χ2n) is 3.92. The van der Waals surface area contributed by atoms with Gasteiger partial charge in [0.1, 0.15) is 0 Å². The summed E-state index contributed by atoms with van der Waals surface area (Å²) in [7, 11) is 0. The lowest BCUT2D eigenvalue weighted by atomic mass is 9.98. The number of hydrogen-bond donors (Lipinski definition) is 2. The van der Waals surface area contributed by atoms with Crippen molar-refractivity contribution in [1.29, 1.82) is 0 Å². The van der Waals surface area contributed by atoms with Gasteiger partial charge in [-0.3, -0.25) is 0 Å². The van der Waals surface area contributed by atoms with Gasteiger partial charge >= 0.3 is 0 Å². The first-order chi connectivity index (χ1) is 7.22. The van der Waals surface area contributed by atoms with Crippen molar-refractivity contribution in [2.45, 2.75) is 20.4 Å². The highest BCUT2D eigenvalue weighted by atomic mass is 14.7. The van der Waals surface area contributed by atoms with Crippen molar-refractivity contribution in [3.63, 3.8) is 0 Å². The maximum Gasteiger partial charge on any atom is 0.0199 e. The van der Waals surface area contributed by atoms with E-state index in [0.29, 0.717) is 6.54 Å². The molecule has 2 aromatic rings. The number of aromatic nitrogens is 1. The number of rotatable bonds is 2. The SMILES string of the molecule is Cc1ccc(-c2c[nH]cc2CN)c(C)c1. The van der Waals surface area contributed by atoms with Gasteiger partial charge < -0.3 is 10.7 Å². The molecule has 0 atom stereocenters. The van der Waals surface area contributed by atoms with E-state index in [1.807, 2.05) is 12.4 Å². The molecular weight excluding hydrogens is 184 g/mol. The van der Waals surface area contributed by atoms with Crippen molar-refractivity contribution in [3.8, 4) is 11.1 Å². The van der Waals surface area contributed by atoms with Crippen LogP contribution in [0.5, 0.6) is 0 Å². The Labute approximate surface area is 90.1 Å². The van der Waals surface area contributed by atoms with Gasteiger partial charge in [0.2, 0.25) is 0 Å². The van der Waals surface area contributed by atoms with Crippen molar-refractivity contribution in [2.75, 3.05) is 0 Å². The summed E-state index contributed by atoms with van der Waals surface area (Å²) in [5.74, 6) is 0. The lowest BCUT2D eigenvalue weighted by Crippen LogP contribution is -1.96. The number of nitrogens with one attached hydrogen (secondary N) is 1. The van der Waals surface area contributed by atoms with E-state index < -0.39 is 0 Å². The predicted molar refractivity (Wildman–Crippen MR) is 63.6 cm³/mol. The zero-order valence-electron chi connectivity index (χ0n) is 9.17. The van der Waals surface area contributed by atoms with E-state index in [0.717, 1.165) is 0 Å². The maximum atomic E-state index is 5.69. The molecule has 15 heavy (non-hydrogen) atoms. The monoisotopic (exact) mass is 200 g/mol. The Morgan fingerprint density at radius 1 is 1.13 bits per heavy atom. The Balaban J connectivity index is 2.54. The molecule has 0 radical (unpaired) electrons. The van der Waals surface area contributed by atoms with Gasteiger partial charge in [-0.1, -0.05) is 23.8 Å². The summed E-state index contributed by atoms with van der Waals surface area (Å²) in [5.41, 5.74) is 11.9. The van der Waals surface area contributed by atoms with Gasteiger partial charge in [-0.25, -0.2) is 0 Å². The molecule has 0 aliphatic heterocycles. The number of aryl methyl sites for hydroxylation is 2. The fraction of sp³-hybridized carbons (Fsp3) is 0.231. The first kappa shape index (κ1) is 9.99. The Bertz CT molecular complexity index is 469. The molecule has 0 amide bonds. The van der Waals surface area contributed by atoms with Gasteiger partial charge in [0.05, 0.1) is 0 Å². The fourth-order valence-electron chi connectivity index (χ4n) is 1.93. The normalized spacial score (nSPS) is 10.6. The average molecular weight is 200 g/mol. The molecule has 2 heteroatoms. The van der Waals surface area contributed by atoms with Crippen LogP contribution in [0, 0.1) is 13.8 Å². The molecule has 0 unspecified atom stereocenters. The van der Waals surface area contributed by atoms with Crippen LogP contribution >= 0.6 is 0 Å². The molecule has 0 fully saturated rings. The summed E-state index contributed by atoms with van der Waals surface area (Å²) < 4.78 is 0. The second kappa shape index (κ2) is 3.91. The van der Waals surface area contributed by atoms with E-state index in [9.17, 15) is 0 Å². The van der Waals surface area contributed by atoms with Gasteiger partial charge in [-0.15, -0.1) is 0 Å². The quantitative estimate of drug-likeness (QED) is 0.769. The van der Waals surface area contributed by atoms with Crippen LogP contribution in [0.25, 0.3) is 11.1 Å². The van der Waals surface area contributed by atoms with Crippen molar-refractivity contribution in [2.24, 2.45) is 5.73 Å². The van der Waals surface area contributed by atoms with Crippen molar-refractivity contribution in [3.05, 3.63) is 47.3 Å². The molecule has 78 valence electrons. The minimum Gasteiger partial charge on any atom is -0.367 e. The van der Waals surface area contributed by atoms with Gasteiger partial charge in [-0.2, -0.15) is 0 Å². The molecule has 3 N–H and O–H groups in total. The van der Waals surface area contributed by atoms with Crippen LogP contribution in [-0.4, -0.2) is 4.98 Å². The lowest BCUT2D eigenvalue weighted by molar-refractivity contribution is 1.08. The number of hydrogen-bond acceptors (Lipinski definition) is 1. The molecule has 0 bridgehead atoms. The summed E-state index contributed by atoms with van der Waals surface area (Å²) in [6.45, 7) is 4.82. The van der Waals surface area contributed by atoms with Gasteiger partial charge in [0.15, 0.2) is 0 Å². The topological polar surface area (TPSA) is 41.8 Å². The first-order valence-corrected chi connectivity index (χ1v) is 5.15. The number of benzene rings is 1. The second-order valence-corrected chi connectivity index (χ2v) is 3.92. The van der Waals surface area contributed by atoms with Crippen LogP contribution < -0.4 is 5.73 Å². The average Bonchev–Trinajstić information content (AvgIpc) is 2.65. The Hall–Kier alpha value is -1.54. The molecule has 0 saturated carbocycles. The van der Waals surface area contributed by atoms with E-state index >= 15 is 0 Å². The largest absolute Gasteiger partial charge is 0.367 e. The first-order valence-electron chi connectivity index (χ1n) is 5.15. The smallest absolute Gasteiger partial charge is 0.0199 e. The van der Waals surface area contributed by atoms with Crippen LogP contribution in [-0.2, 0) is 6.54 Å². The van der Waals surface area contributed by atoms with E-state index in [2.05, 4.69) is 37.0 Å². The van der Waals surface area contributed by atoms with Crippen LogP contribution in [0.3, 0.4) is 0 Å². The number of H-pyrrole nitrogens is 1. The Morgan fingerprint density at radius 2 is 1.93 bits per heavy atom. The maximum absolute atomic E-state index is 5.69. The van der Waals surface area contributed by atoms with Crippen LogP contribution in [0.4, 0.5) is 0 Å². The van der Waals surface area contributed by atoms with Crippen LogP contribution in [0.15, 0.2) is 30.6 Å². The van der Waals surface area contributed by atoms with Gasteiger partial charge in [0, 0.05) is 24.5 Å². The molecule has 0 spiro atoms. The standard InChI is InChI=1S/C13H16N2/c1-9-3-4-12(10(2)5-9)13-8-15-7-11(13)6-14/h3-5,7-8,15H,6,14H2,1-2H3. The van der Waals surface area contributed by atoms with Crippen LogP contribution in [0.1, 0.15) is 16.7 Å². The highest BCUT2D eigenvalue weighted by Crippen LogP contribution is 2.27. The molecule has 0 saturated heterocycles. The van der Waals surface area contributed by atoms with E-state index in [1.54, 1.807) is 0 Å². The van der Waals surface area contributed by atoms with E-state index in [1.165, 1.54) is 27.8 Å². The van der Waals surface area contributed by atoms with Gasteiger partial charge in [0.25, 0.3) is 0 Å². The van der Waals surface area contributed by atoms with Crippen LogP contribution in [0.2, 0.25) is 0 Å². The number of aromatic amines is 1. The summed E-state index contributed by atoms with van der Waals surface area (Å²) in [5, 5.41) is 0. The molecule has 2 rings (SSSR count). The summed E-state index contributed by atoms with van der Waals surface area (Å²) in [6.07, 6.45) is 3.98. The van der Waals surface area contributed by atoms with Crippen molar-refractivity contribution >= 4 is 0 Å².